The van der Waals surface area contributed by atoms with Crippen LogP contribution >= 0.6 is 0 Å². The predicted octanol–water partition coefficient (Wildman–Crippen LogP) is 1.95. The van der Waals surface area contributed by atoms with Gasteiger partial charge in [-0.3, -0.25) is 13.9 Å². The lowest BCUT2D eigenvalue weighted by Gasteiger charge is -2.28. The molecule has 200 valence electrons. The number of carbonyl (C=O) groups is 1. The molecule has 13 heteroatoms. The van der Waals surface area contributed by atoms with Crippen molar-refractivity contribution in [3.05, 3.63) is 68.4 Å². The summed E-state index contributed by atoms with van der Waals surface area (Å²) in [6.45, 7) is 8.19. The first-order chi connectivity index (χ1) is 17.4. The Morgan fingerprint density at radius 2 is 1.70 bits per heavy atom. The number of aromatic nitrogens is 4. The molecule has 10 nitrogen and oxygen atoms in total. The van der Waals surface area contributed by atoms with E-state index in [1.165, 1.54) is 9.13 Å². The lowest BCUT2D eigenvalue weighted by Crippen LogP contribution is -2.44. The quantitative estimate of drug-likeness (QED) is 0.493. The Morgan fingerprint density at radius 3 is 2.24 bits per heavy atom. The van der Waals surface area contributed by atoms with Crippen LogP contribution in [0.4, 0.5) is 19.1 Å². The normalized spacial score (nSPS) is 13.7. The molecule has 0 atom stereocenters. The van der Waals surface area contributed by atoms with Crippen molar-refractivity contribution in [3.63, 3.8) is 0 Å². The molecule has 0 spiro atoms. The number of nitrogens with zero attached hydrogens (tertiary/aromatic N) is 5. The van der Waals surface area contributed by atoms with Crippen molar-refractivity contribution >= 4 is 23.1 Å². The van der Waals surface area contributed by atoms with Gasteiger partial charge in [0.1, 0.15) is 0 Å². The highest BCUT2D eigenvalue weighted by molar-refractivity contribution is 5.75. The molecule has 0 saturated carbocycles. The first kappa shape index (κ1) is 27.7. The zero-order chi connectivity index (χ0) is 27.3. The second kappa shape index (κ2) is 11.5. The van der Waals surface area contributed by atoms with Crippen molar-refractivity contribution in [1.29, 1.82) is 0 Å². The topological polar surface area (TPSA) is 114 Å². The molecule has 3 aromatic rings. The van der Waals surface area contributed by atoms with Gasteiger partial charge in [-0.1, -0.05) is 42.0 Å². The summed E-state index contributed by atoms with van der Waals surface area (Å²) >= 11 is 0. The number of rotatable bonds is 5. The molecule has 2 aromatic heterocycles. The maximum absolute atomic E-state index is 13.5. The minimum atomic E-state index is -5.08. The highest BCUT2D eigenvalue weighted by atomic mass is 19.4. The number of imidazole rings is 1. The summed E-state index contributed by atoms with van der Waals surface area (Å²) in [7, 11) is 1.69. The van der Waals surface area contributed by atoms with E-state index in [1.54, 1.807) is 7.05 Å². The second-order valence-electron chi connectivity index (χ2n) is 8.73. The van der Waals surface area contributed by atoms with Crippen LogP contribution in [0.2, 0.25) is 0 Å². The molecule has 0 unspecified atom stereocenters. The first-order valence-electron chi connectivity index (χ1n) is 11.5. The van der Waals surface area contributed by atoms with Crippen LogP contribution in [0.1, 0.15) is 19.4 Å². The minimum Gasteiger partial charge on any atom is -0.475 e. The number of fused-ring (bicyclic) bond motifs is 1. The Labute approximate surface area is 210 Å². The van der Waals surface area contributed by atoms with Crippen LogP contribution in [0, 0.1) is 0 Å². The number of carboxylic acid groups (broad SMARTS) is 1. The Hall–Kier alpha value is -3.87. The third-order valence-corrected chi connectivity index (χ3v) is 5.72. The van der Waals surface area contributed by atoms with E-state index in [0.29, 0.717) is 17.7 Å². The van der Waals surface area contributed by atoms with Gasteiger partial charge in [-0.25, -0.2) is 9.59 Å². The van der Waals surface area contributed by atoms with Crippen molar-refractivity contribution in [1.82, 2.24) is 24.0 Å². The van der Waals surface area contributed by atoms with Gasteiger partial charge in [-0.2, -0.15) is 18.2 Å². The highest BCUT2D eigenvalue weighted by Gasteiger charge is 2.38. The summed E-state index contributed by atoms with van der Waals surface area (Å²) < 4.78 is 36.5. The van der Waals surface area contributed by atoms with E-state index in [2.05, 4.69) is 16.3 Å². The van der Waals surface area contributed by atoms with Gasteiger partial charge in [0, 0.05) is 39.8 Å². The standard InChI is InChI=1S/C22H28N6O2.C2HF3O2/c1-16(2)9-12-27-18-19(24-21(27)26-13-10-23-11-14-26)25(3)22(30)28(20(18)29)15-17-7-5-4-6-8-17;3-2(4,5)1(6)7/h4-9,23H,10-15H2,1-3H3;(H,6,7). The zero-order valence-corrected chi connectivity index (χ0v) is 20.7. The maximum atomic E-state index is 13.5. The largest absolute Gasteiger partial charge is 0.490 e. The second-order valence-corrected chi connectivity index (χ2v) is 8.73. The number of aliphatic carboxylic acids is 1. The molecule has 3 heterocycles. The van der Waals surface area contributed by atoms with Crippen LogP contribution in [-0.4, -0.2) is 62.1 Å². The summed E-state index contributed by atoms with van der Waals surface area (Å²) in [6.07, 6.45) is -3.00. The molecule has 1 aromatic carbocycles. The fourth-order valence-corrected chi connectivity index (χ4v) is 3.82. The highest BCUT2D eigenvalue weighted by Crippen LogP contribution is 2.21. The van der Waals surface area contributed by atoms with Gasteiger partial charge >= 0.3 is 17.8 Å². The van der Waals surface area contributed by atoms with Crippen LogP contribution in [-0.2, 0) is 24.9 Å². The molecule has 0 amide bonds. The van der Waals surface area contributed by atoms with E-state index >= 15 is 0 Å². The van der Waals surface area contributed by atoms with E-state index in [0.717, 1.165) is 43.3 Å². The monoisotopic (exact) mass is 522 g/mol. The number of hydrogen-bond donors (Lipinski definition) is 2. The van der Waals surface area contributed by atoms with Crippen LogP contribution in [0.3, 0.4) is 0 Å². The molecule has 1 aliphatic rings. The Morgan fingerprint density at radius 1 is 1.11 bits per heavy atom. The molecule has 1 fully saturated rings. The third kappa shape index (κ3) is 6.47. The Kier molecular flexibility index (Phi) is 8.58. The summed E-state index contributed by atoms with van der Waals surface area (Å²) in [5.41, 5.74) is 2.33. The predicted molar refractivity (Wildman–Crippen MR) is 133 cm³/mol. The summed E-state index contributed by atoms with van der Waals surface area (Å²) in [6, 6.07) is 9.57. The Bertz CT molecular complexity index is 1400. The Balaban J connectivity index is 0.000000479. The van der Waals surface area contributed by atoms with Crippen molar-refractivity contribution in [2.24, 2.45) is 7.05 Å². The SMILES string of the molecule is CC(C)=CCn1c(N2CCNCC2)nc2c1c(=O)n(Cc1ccccc1)c(=O)n2C.O=C(O)C(F)(F)F. The van der Waals surface area contributed by atoms with Gasteiger partial charge in [0.2, 0.25) is 5.95 Å². The lowest BCUT2D eigenvalue weighted by molar-refractivity contribution is -0.192. The molecule has 0 bridgehead atoms. The van der Waals surface area contributed by atoms with Crippen molar-refractivity contribution in [3.8, 4) is 0 Å². The summed E-state index contributed by atoms with van der Waals surface area (Å²) in [5, 5.41) is 10.5. The van der Waals surface area contributed by atoms with E-state index in [4.69, 9.17) is 14.9 Å². The van der Waals surface area contributed by atoms with Crippen molar-refractivity contribution in [2.45, 2.75) is 33.1 Å². The number of benzene rings is 1. The van der Waals surface area contributed by atoms with E-state index in [1.807, 2.05) is 48.7 Å². The van der Waals surface area contributed by atoms with Gasteiger partial charge < -0.3 is 19.9 Å². The van der Waals surface area contributed by atoms with E-state index in [9.17, 15) is 22.8 Å². The molecule has 2 N–H and O–H groups in total. The number of halogens is 3. The van der Waals surface area contributed by atoms with Gasteiger partial charge in [0.25, 0.3) is 5.56 Å². The third-order valence-electron chi connectivity index (χ3n) is 5.72. The van der Waals surface area contributed by atoms with Crippen molar-refractivity contribution in [2.75, 3.05) is 31.1 Å². The molecule has 4 rings (SSSR count). The maximum Gasteiger partial charge on any atom is 0.490 e. The van der Waals surface area contributed by atoms with Gasteiger partial charge in [0.05, 0.1) is 6.54 Å². The molecule has 0 aliphatic carbocycles. The molecular formula is C24H29F3N6O4. The average Bonchev–Trinajstić information content (AvgIpc) is 3.25. The lowest BCUT2D eigenvalue weighted by atomic mass is 10.2. The number of hydrogen-bond acceptors (Lipinski definition) is 6. The molecule has 1 aliphatic heterocycles. The number of allylic oxidation sites excluding steroid dienone is 2. The van der Waals surface area contributed by atoms with Crippen LogP contribution in [0.15, 0.2) is 51.6 Å². The first-order valence-corrected chi connectivity index (χ1v) is 11.5. The number of nitrogens with one attached hydrogen (secondary N) is 1. The zero-order valence-electron chi connectivity index (χ0n) is 20.7. The van der Waals surface area contributed by atoms with Crippen molar-refractivity contribution < 1.29 is 23.1 Å². The van der Waals surface area contributed by atoms with E-state index in [-0.39, 0.29) is 17.8 Å². The van der Waals surface area contributed by atoms with Gasteiger partial charge in [0.15, 0.2) is 11.2 Å². The molecular weight excluding hydrogens is 493 g/mol. The number of alkyl halides is 3. The number of aryl methyl sites for hydroxylation is 1. The molecule has 1 saturated heterocycles. The van der Waals surface area contributed by atoms with Crippen LogP contribution in [0.5, 0.6) is 0 Å². The number of piperazine rings is 1. The van der Waals surface area contributed by atoms with Gasteiger partial charge in [-0.05, 0) is 19.4 Å². The number of carboxylic acids is 1. The van der Waals surface area contributed by atoms with Crippen LogP contribution in [0.25, 0.3) is 11.2 Å². The number of anilines is 1. The average molecular weight is 523 g/mol. The van der Waals surface area contributed by atoms with E-state index < -0.39 is 12.1 Å². The fourth-order valence-electron chi connectivity index (χ4n) is 3.82. The minimum absolute atomic E-state index is 0.235. The van der Waals surface area contributed by atoms with Gasteiger partial charge in [-0.15, -0.1) is 0 Å². The smallest absolute Gasteiger partial charge is 0.475 e. The summed E-state index contributed by atoms with van der Waals surface area (Å²) in [5.74, 6) is -2.01. The molecule has 37 heavy (non-hydrogen) atoms. The fraction of sp³-hybridized carbons (Fsp3) is 0.417. The summed E-state index contributed by atoms with van der Waals surface area (Å²) in [4.78, 5) is 42.4. The van der Waals surface area contributed by atoms with Crippen LogP contribution < -0.4 is 21.5 Å². The molecule has 0 radical (unpaired) electrons.